The summed E-state index contributed by atoms with van der Waals surface area (Å²) in [6, 6.07) is 3.86. The number of carboxylic acids is 1. The summed E-state index contributed by atoms with van der Waals surface area (Å²) in [4.78, 5) is 27.1. The van der Waals surface area contributed by atoms with E-state index in [1.165, 1.54) is 0 Å². The second-order valence-corrected chi connectivity index (χ2v) is 5.44. The first-order valence-electron chi connectivity index (χ1n) is 7.44. The van der Waals surface area contributed by atoms with Gasteiger partial charge in [-0.3, -0.25) is 14.0 Å². The minimum atomic E-state index is -0.777. The van der Waals surface area contributed by atoms with E-state index in [1.54, 1.807) is 0 Å². The normalized spacial score (nSPS) is 10.8. The van der Waals surface area contributed by atoms with Gasteiger partial charge in [0, 0.05) is 19.2 Å². The van der Waals surface area contributed by atoms with Crippen LogP contribution in [0.3, 0.4) is 0 Å². The molecule has 0 aliphatic carbocycles. The van der Waals surface area contributed by atoms with Crippen LogP contribution in [-0.2, 0) is 4.79 Å². The van der Waals surface area contributed by atoms with Crippen molar-refractivity contribution in [2.24, 2.45) is 0 Å². The molecule has 0 radical (unpaired) electrons. The number of nitrogens with one attached hydrogen (secondary N) is 1. The zero-order valence-electron chi connectivity index (χ0n) is 12.9. The fourth-order valence-corrected chi connectivity index (χ4v) is 2.41. The van der Waals surface area contributed by atoms with Gasteiger partial charge in [0.15, 0.2) is 0 Å². The highest BCUT2D eigenvalue weighted by molar-refractivity contribution is 5.94. The molecule has 0 bridgehead atoms. The summed E-state index contributed by atoms with van der Waals surface area (Å²) in [6.07, 6.45) is 4.28. The molecule has 0 aromatic carbocycles. The van der Waals surface area contributed by atoms with E-state index < -0.39 is 5.97 Å². The van der Waals surface area contributed by atoms with E-state index in [1.807, 2.05) is 36.6 Å². The first-order chi connectivity index (χ1) is 10.5. The van der Waals surface area contributed by atoms with Crippen LogP contribution in [0.5, 0.6) is 0 Å². The number of aliphatic carboxylic acids is 1. The molecule has 0 atom stereocenters. The van der Waals surface area contributed by atoms with Crippen molar-refractivity contribution in [1.29, 1.82) is 0 Å². The Kier molecular flexibility index (Phi) is 5.14. The summed E-state index contributed by atoms with van der Waals surface area (Å²) in [5.74, 6) is -0.922. The molecular weight excluding hydrogens is 282 g/mol. The fraction of sp³-hybridized carbons (Fsp3) is 0.438. The standard InChI is InChI=1S/C16H21N3O3/c1-11-7-8-13-18-12(2)15(19(13)10-11)16(22)17-9-5-3-4-6-14(20)21/h7-8,10H,3-6,9H2,1-2H3,(H,17,22)(H,20,21). The molecule has 2 rings (SSSR count). The van der Waals surface area contributed by atoms with Crippen LogP contribution in [0.1, 0.15) is 47.4 Å². The Morgan fingerprint density at radius 1 is 1.23 bits per heavy atom. The zero-order chi connectivity index (χ0) is 16.1. The van der Waals surface area contributed by atoms with Crippen molar-refractivity contribution in [3.05, 3.63) is 35.3 Å². The molecule has 2 aromatic rings. The number of amides is 1. The van der Waals surface area contributed by atoms with E-state index in [0.717, 1.165) is 24.1 Å². The number of imidazole rings is 1. The third-order valence-corrected chi connectivity index (χ3v) is 3.51. The van der Waals surface area contributed by atoms with Crippen molar-refractivity contribution in [3.8, 4) is 0 Å². The predicted octanol–water partition coefficient (Wildman–Crippen LogP) is 2.33. The van der Waals surface area contributed by atoms with E-state index >= 15 is 0 Å². The van der Waals surface area contributed by atoms with Gasteiger partial charge >= 0.3 is 5.97 Å². The highest BCUT2D eigenvalue weighted by atomic mass is 16.4. The Morgan fingerprint density at radius 3 is 2.73 bits per heavy atom. The first kappa shape index (κ1) is 16.0. The van der Waals surface area contributed by atoms with Gasteiger partial charge in [-0.05, 0) is 38.3 Å². The maximum atomic E-state index is 12.3. The molecule has 0 saturated heterocycles. The Labute approximate surface area is 129 Å². The Morgan fingerprint density at radius 2 is 2.00 bits per heavy atom. The average Bonchev–Trinajstić information content (AvgIpc) is 2.77. The number of carbonyl (C=O) groups excluding carboxylic acids is 1. The molecule has 0 aliphatic rings. The number of hydrogen-bond acceptors (Lipinski definition) is 3. The molecule has 2 aromatic heterocycles. The van der Waals surface area contributed by atoms with Crippen molar-refractivity contribution in [3.63, 3.8) is 0 Å². The van der Waals surface area contributed by atoms with Crippen LogP contribution >= 0.6 is 0 Å². The number of carbonyl (C=O) groups is 2. The van der Waals surface area contributed by atoms with Gasteiger partial charge < -0.3 is 10.4 Å². The van der Waals surface area contributed by atoms with Gasteiger partial charge in [0.2, 0.25) is 0 Å². The van der Waals surface area contributed by atoms with Gasteiger partial charge in [-0.2, -0.15) is 0 Å². The Bertz CT molecular complexity index is 691. The number of unbranched alkanes of at least 4 members (excludes halogenated alkanes) is 2. The summed E-state index contributed by atoms with van der Waals surface area (Å²) >= 11 is 0. The van der Waals surface area contributed by atoms with E-state index in [0.29, 0.717) is 24.4 Å². The molecule has 1 amide bonds. The van der Waals surface area contributed by atoms with Gasteiger partial charge in [0.1, 0.15) is 11.3 Å². The molecule has 0 saturated carbocycles. The average molecular weight is 303 g/mol. The molecule has 0 aliphatic heterocycles. The number of aromatic nitrogens is 2. The van der Waals surface area contributed by atoms with Crippen LogP contribution < -0.4 is 5.32 Å². The minimum Gasteiger partial charge on any atom is -0.481 e. The molecule has 22 heavy (non-hydrogen) atoms. The second kappa shape index (κ2) is 7.06. The minimum absolute atomic E-state index is 0.145. The summed E-state index contributed by atoms with van der Waals surface area (Å²) in [6.45, 7) is 4.33. The predicted molar refractivity (Wildman–Crippen MR) is 83.1 cm³/mol. The third kappa shape index (κ3) is 3.84. The quantitative estimate of drug-likeness (QED) is 0.769. The molecule has 6 nitrogen and oxygen atoms in total. The van der Waals surface area contributed by atoms with Crippen LogP contribution in [0, 0.1) is 13.8 Å². The number of carboxylic acid groups (broad SMARTS) is 1. The topological polar surface area (TPSA) is 83.7 Å². The number of hydrogen-bond donors (Lipinski definition) is 2. The Hall–Kier alpha value is -2.37. The van der Waals surface area contributed by atoms with Crippen molar-refractivity contribution < 1.29 is 14.7 Å². The van der Waals surface area contributed by atoms with Gasteiger partial charge in [-0.15, -0.1) is 0 Å². The zero-order valence-corrected chi connectivity index (χ0v) is 12.9. The summed E-state index contributed by atoms with van der Waals surface area (Å²) in [7, 11) is 0. The van der Waals surface area contributed by atoms with Crippen LogP contribution in [0.15, 0.2) is 18.3 Å². The SMILES string of the molecule is Cc1ccc2nc(C)c(C(=O)NCCCCCC(=O)O)n2c1. The van der Waals surface area contributed by atoms with E-state index in [4.69, 9.17) is 5.11 Å². The number of pyridine rings is 1. The maximum Gasteiger partial charge on any atom is 0.303 e. The number of fused-ring (bicyclic) bond motifs is 1. The van der Waals surface area contributed by atoms with Crippen molar-refractivity contribution in [2.45, 2.75) is 39.5 Å². The molecular formula is C16H21N3O3. The first-order valence-corrected chi connectivity index (χ1v) is 7.44. The van der Waals surface area contributed by atoms with Gasteiger partial charge in [0.25, 0.3) is 5.91 Å². The van der Waals surface area contributed by atoms with Crippen molar-refractivity contribution in [2.75, 3.05) is 6.54 Å². The van der Waals surface area contributed by atoms with Crippen LogP contribution in [0.25, 0.3) is 5.65 Å². The van der Waals surface area contributed by atoms with Crippen LogP contribution in [0.4, 0.5) is 0 Å². The molecule has 118 valence electrons. The lowest BCUT2D eigenvalue weighted by atomic mass is 10.2. The summed E-state index contributed by atoms with van der Waals surface area (Å²) < 4.78 is 1.81. The van der Waals surface area contributed by atoms with E-state index in [9.17, 15) is 9.59 Å². The van der Waals surface area contributed by atoms with Gasteiger partial charge in [-0.1, -0.05) is 12.5 Å². The number of nitrogens with zero attached hydrogens (tertiary/aromatic N) is 2. The maximum absolute atomic E-state index is 12.3. The molecule has 0 unspecified atom stereocenters. The smallest absolute Gasteiger partial charge is 0.303 e. The summed E-state index contributed by atoms with van der Waals surface area (Å²) in [5, 5.41) is 11.4. The summed E-state index contributed by atoms with van der Waals surface area (Å²) in [5.41, 5.74) is 3.08. The fourth-order valence-electron chi connectivity index (χ4n) is 2.41. The van der Waals surface area contributed by atoms with Gasteiger partial charge in [0.05, 0.1) is 5.69 Å². The second-order valence-electron chi connectivity index (χ2n) is 5.44. The largest absolute Gasteiger partial charge is 0.481 e. The lowest BCUT2D eigenvalue weighted by molar-refractivity contribution is -0.137. The lowest BCUT2D eigenvalue weighted by Crippen LogP contribution is -2.26. The number of rotatable bonds is 7. The van der Waals surface area contributed by atoms with Crippen molar-refractivity contribution >= 4 is 17.5 Å². The highest BCUT2D eigenvalue weighted by Gasteiger charge is 2.15. The van der Waals surface area contributed by atoms with E-state index in [-0.39, 0.29) is 12.3 Å². The molecule has 0 fully saturated rings. The monoisotopic (exact) mass is 303 g/mol. The van der Waals surface area contributed by atoms with Gasteiger partial charge in [-0.25, -0.2) is 4.98 Å². The third-order valence-electron chi connectivity index (χ3n) is 3.51. The molecule has 0 spiro atoms. The van der Waals surface area contributed by atoms with Crippen molar-refractivity contribution in [1.82, 2.24) is 14.7 Å². The molecule has 2 heterocycles. The highest BCUT2D eigenvalue weighted by Crippen LogP contribution is 2.13. The number of aryl methyl sites for hydroxylation is 2. The molecule has 2 N–H and O–H groups in total. The van der Waals surface area contributed by atoms with E-state index in [2.05, 4.69) is 10.3 Å². The Balaban J connectivity index is 1.94. The molecule has 6 heteroatoms. The van der Waals surface area contributed by atoms with Crippen LogP contribution in [0.2, 0.25) is 0 Å². The lowest BCUT2D eigenvalue weighted by Gasteiger charge is -2.06. The van der Waals surface area contributed by atoms with Crippen LogP contribution in [-0.4, -0.2) is 32.9 Å².